The largest absolute Gasteiger partial charge is 0.497 e. The number of hydrogen-bond donors (Lipinski definition) is 0. The van der Waals surface area contributed by atoms with Crippen molar-refractivity contribution in [1.29, 1.82) is 0 Å². The van der Waals surface area contributed by atoms with Crippen LogP contribution in [-0.2, 0) is 16.6 Å². The van der Waals surface area contributed by atoms with Crippen molar-refractivity contribution in [2.45, 2.75) is 11.4 Å². The first-order valence-electron chi connectivity index (χ1n) is 10.3. The molecule has 3 aromatic carbocycles. The van der Waals surface area contributed by atoms with Crippen LogP contribution in [0.2, 0.25) is 0 Å². The van der Waals surface area contributed by atoms with E-state index in [4.69, 9.17) is 9.84 Å². The second kappa shape index (κ2) is 9.46. The Morgan fingerprint density at radius 1 is 1.03 bits per heavy atom. The third-order valence-electron chi connectivity index (χ3n) is 5.30. The Morgan fingerprint density at radius 3 is 2.29 bits per heavy atom. The van der Waals surface area contributed by atoms with Crippen LogP contribution in [0.1, 0.15) is 5.56 Å². The van der Waals surface area contributed by atoms with E-state index in [-0.39, 0.29) is 12.3 Å². The lowest BCUT2D eigenvalue weighted by molar-refractivity contribution is -0.387. The normalized spacial score (nSPS) is 11.5. The average Bonchev–Trinajstić information content (AvgIpc) is 3.28. The van der Waals surface area contributed by atoms with Crippen LogP contribution in [0.5, 0.6) is 5.75 Å². The maximum atomic E-state index is 13.3. The van der Waals surface area contributed by atoms with Gasteiger partial charge in [0.2, 0.25) is 10.0 Å². The van der Waals surface area contributed by atoms with Crippen LogP contribution in [0.25, 0.3) is 16.9 Å². The summed E-state index contributed by atoms with van der Waals surface area (Å²) in [6, 6.07) is 22.6. The minimum Gasteiger partial charge on any atom is -0.497 e. The molecule has 0 radical (unpaired) electrons. The summed E-state index contributed by atoms with van der Waals surface area (Å²) < 4.78 is 34.5. The lowest BCUT2D eigenvalue weighted by Crippen LogP contribution is -2.27. The Balaban J connectivity index is 1.75. The highest BCUT2D eigenvalue weighted by Crippen LogP contribution is 2.32. The third kappa shape index (κ3) is 4.54. The summed E-state index contributed by atoms with van der Waals surface area (Å²) in [7, 11) is -1.45. The summed E-state index contributed by atoms with van der Waals surface area (Å²) in [5, 5.41) is 16.3. The molecule has 9 nitrogen and oxygen atoms in total. The zero-order valence-corrected chi connectivity index (χ0v) is 19.3. The van der Waals surface area contributed by atoms with E-state index in [0.717, 1.165) is 21.6 Å². The van der Waals surface area contributed by atoms with E-state index >= 15 is 0 Å². The average molecular weight is 479 g/mol. The van der Waals surface area contributed by atoms with E-state index < -0.39 is 25.5 Å². The van der Waals surface area contributed by atoms with Crippen LogP contribution >= 0.6 is 0 Å². The second-order valence-corrected chi connectivity index (χ2v) is 9.51. The lowest BCUT2D eigenvalue weighted by atomic mass is 10.1. The van der Waals surface area contributed by atoms with E-state index in [2.05, 4.69) is 0 Å². The Morgan fingerprint density at radius 2 is 1.68 bits per heavy atom. The van der Waals surface area contributed by atoms with Crippen LogP contribution < -0.4 is 4.74 Å². The molecule has 0 aliphatic rings. The van der Waals surface area contributed by atoms with Gasteiger partial charge < -0.3 is 4.74 Å². The van der Waals surface area contributed by atoms with Crippen molar-refractivity contribution >= 4 is 15.7 Å². The smallest absolute Gasteiger partial charge is 0.293 e. The van der Waals surface area contributed by atoms with Crippen molar-refractivity contribution in [1.82, 2.24) is 14.1 Å². The highest BCUT2D eigenvalue weighted by Gasteiger charge is 2.31. The van der Waals surface area contributed by atoms with Crippen LogP contribution in [0, 0.1) is 10.1 Å². The number of benzene rings is 3. The summed E-state index contributed by atoms with van der Waals surface area (Å²) >= 11 is 0. The number of rotatable bonds is 8. The van der Waals surface area contributed by atoms with Gasteiger partial charge in [-0.15, -0.1) is 0 Å². The molecule has 10 heteroatoms. The Kier molecular flexibility index (Phi) is 6.44. The van der Waals surface area contributed by atoms with Gasteiger partial charge in [-0.05, 0) is 24.3 Å². The summed E-state index contributed by atoms with van der Waals surface area (Å²) in [4.78, 5) is 10.4. The van der Waals surface area contributed by atoms with Gasteiger partial charge in [0, 0.05) is 30.9 Å². The molecule has 0 saturated heterocycles. The first-order valence-corrected chi connectivity index (χ1v) is 11.7. The number of methoxy groups -OCH3 is 1. The third-order valence-corrected chi connectivity index (χ3v) is 7.15. The van der Waals surface area contributed by atoms with Gasteiger partial charge in [0.25, 0.3) is 5.69 Å². The molecule has 4 rings (SSSR count). The number of nitro benzene ring substituents is 1. The molecule has 0 fully saturated rings. The topological polar surface area (TPSA) is 108 Å². The van der Waals surface area contributed by atoms with Crippen LogP contribution in [0.15, 0.2) is 90.0 Å². The molecule has 0 spiro atoms. The van der Waals surface area contributed by atoms with Crippen molar-refractivity contribution in [2.75, 3.05) is 14.2 Å². The van der Waals surface area contributed by atoms with Crippen LogP contribution in [0.4, 0.5) is 5.69 Å². The van der Waals surface area contributed by atoms with E-state index in [1.54, 1.807) is 10.9 Å². The zero-order chi connectivity index (χ0) is 24.3. The highest BCUT2D eigenvalue weighted by molar-refractivity contribution is 7.89. The van der Waals surface area contributed by atoms with Crippen LogP contribution in [0.3, 0.4) is 0 Å². The fourth-order valence-corrected chi connectivity index (χ4v) is 4.84. The number of nitro groups is 1. The molecule has 0 aliphatic carbocycles. The maximum Gasteiger partial charge on any atom is 0.293 e. The number of para-hydroxylation sites is 1. The molecule has 0 unspecified atom stereocenters. The minimum absolute atomic E-state index is 0.0391. The Labute approximate surface area is 197 Å². The molecule has 0 N–H and O–H groups in total. The molecule has 34 heavy (non-hydrogen) atoms. The highest BCUT2D eigenvalue weighted by atomic mass is 32.2. The van der Waals surface area contributed by atoms with Gasteiger partial charge in [-0.1, -0.05) is 48.5 Å². The van der Waals surface area contributed by atoms with E-state index in [0.29, 0.717) is 11.3 Å². The number of nitrogens with zero attached hydrogens (tertiary/aromatic N) is 4. The maximum absolute atomic E-state index is 13.3. The number of ether oxygens (including phenoxy) is 1. The molecular weight excluding hydrogens is 456 g/mol. The molecule has 0 bridgehead atoms. The van der Waals surface area contributed by atoms with Gasteiger partial charge in [0.15, 0.2) is 4.90 Å². The monoisotopic (exact) mass is 478 g/mol. The van der Waals surface area contributed by atoms with Gasteiger partial charge in [-0.25, -0.2) is 13.1 Å². The first-order chi connectivity index (χ1) is 16.3. The van der Waals surface area contributed by atoms with Gasteiger partial charge in [0.05, 0.1) is 29.5 Å². The van der Waals surface area contributed by atoms with Crippen LogP contribution in [-0.4, -0.2) is 41.6 Å². The summed E-state index contributed by atoms with van der Waals surface area (Å²) in [6.45, 7) is -0.0391. The molecule has 1 heterocycles. The molecule has 174 valence electrons. The summed E-state index contributed by atoms with van der Waals surface area (Å²) in [5.74, 6) is 0.198. The van der Waals surface area contributed by atoms with Gasteiger partial charge in [-0.2, -0.15) is 9.40 Å². The predicted molar refractivity (Wildman–Crippen MR) is 127 cm³/mol. The molecule has 0 amide bonds. The van der Waals surface area contributed by atoms with Crippen molar-refractivity contribution in [2.24, 2.45) is 0 Å². The van der Waals surface area contributed by atoms with E-state index in [9.17, 15) is 18.5 Å². The first kappa shape index (κ1) is 23.1. The Hall–Kier alpha value is -4.02. The SMILES string of the molecule is COc1ccc(S(=O)(=O)N(C)Cc2cn(-c3ccccc3)nc2-c2ccccc2)c([N+](=O)[O-])c1. The lowest BCUT2D eigenvalue weighted by Gasteiger charge is -2.17. The predicted octanol–water partition coefficient (Wildman–Crippen LogP) is 4.28. The van der Waals surface area contributed by atoms with E-state index in [1.165, 1.54) is 26.3 Å². The van der Waals surface area contributed by atoms with Crippen molar-refractivity contribution in [3.05, 3.63) is 101 Å². The minimum atomic E-state index is -4.19. The quantitative estimate of drug-likeness (QED) is 0.276. The number of aromatic nitrogens is 2. The summed E-state index contributed by atoms with van der Waals surface area (Å²) in [6.07, 6.45) is 1.77. The second-order valence-electron chi connectivity index (χ2n) is 7.50. The van der Waals surface area contributed by atoms with Crippen molar-refractivity contribution < 1.29 is 18.1 Å². The van der Waals surface area contributed by atoms with E-state index in [1.807, 2.05) is 60.7 Å². The van der Waals surface area contributed by atoms with Gasteiger partial charge in [0.1, 0.15) is 5.75 Å². The number of sulfonamides is 1. The van der Waals surface area contributed by atoms with Gasteiger partial charge >= 0.3 is 0 Å². The van der Waals surface area contributed by atoms with Gasteiger partial charge in [-0.3, -0.25) is 10.1 Å². The Bertz CT molecular complexity index is 1420. The molecule has 4 aromatic rings. The summed E-state index contributed by atoms with van der Waals surface area (Å²) in [5.41, 5.74) is 2.37. The number of hydrogen-bond acceptors (Lipinski definition) is 6. The molecular formula is C24H22N4O5S. The zero-order valence-electron chi connectivity index (χ0n) is 18.5. The molecule has 1 aromatic heterocycles. The van der Waals surface area contributed by atoms with Crippen molar-refractivity contribution in [3.8, 4) is 22.7 Å². The fourth-order valence-electron chi connectivity index (χ4n) is 3.56. The molecule has 0 aliphatic heterocycles. The standard InChI is InChI=1S/C24H22N4O5S/c1-26(34(31,32)23-14-13-21(33-2)15-22(23)28(29)30)16-19-17-27(20-11-7-4-8-12-20)25-24(19)18-9-5-3-6-10-18/h3-15,17H,16H2,1-2H3. The molecule has 0 atom stereocenters. The van der Waals surface area contributed by atoms with Crippen molar-refractivity contribution in [3.63, 3.8) is 0 Å². The fraction of sp³-hybridized carbons (Fsp3) is 0.125. The molecule has 0 saturated carbocycles.